The Bertz CT molecular complexity index is 1000. The Labute approximate surface area is 158 Å². The Hall–Kier alpha value is -3.20. The van der Waals surface area contributed by atoms with E-state index < -0.39 is 24.1 Å². The van der Waals surface area contributed by atoms with Crippen molar-refractivity contribution in [1.29, 1.82) is 0 Å². The van der Waals surface area contributed by atoms with Crippen molar-refractivity contribution in [3.8, 4) is 0 Å². The van der Waals surface area contributed by atoms with Crippen LogP contribution in [0.25, 0.3) is 11.2 Å². The zero-order valence-electron chi connectivity index (χ0n) is 13.9. The van der Waals surface area contributed by atoms with Gasteiger partial charge in [0.05, 0.1) is 6.33 Å². The van der Waals surface area contributed by atoms with Crippen molar-refractivity contribution >= 4 is 40.7 Å². The van der Waals surface area contributed by atoms with Gasteiger partial charge in [0, 0.05) is 12.1 Å². The topological polar surface area (TPSA) is 122 Å². The number of halogens is 1. The largest absolute Gasteiger partial charge is 0.420 e. The number of fused-ring (bicyclic) bond motifs is 1. The molecule has 1 aliphatic rings. The SMILES string of the molecule is Nc1nc(Cl)c2c(ncn2CCC2C(=O)OC(c3ccccc3)OC2=O)n1. The van der Waals surface area contributed by atoms with E-state index in [-0.39, 0.29) is 24.1 Å². The van der Waals surface area contributed by atoms with Gasteiger partial charge in [-0.3, -0.25) is 9.59 Å². The highest BCUT2D eigenvalue weighted by Gasteiger charge is 2.39. The summed E-state index contributed by atoms with van der Waals surface area (Å²) in [5, 5.41) is 0.146. The van der Waals surface area contributed by atoms with Crippen molar-refractivity contribution < 1.29 is 19.1 Å². The normalized spacial score (nSPS) is 19.7. The van der Waals surface area contributed by atoms with Crippen LogP contribution in [0.2, 0.25) is 5.15 Å². The van der Waals surface area contributed by atoms with Gasteiger partial charge in [0.2, 0.25) is 5.95 Å². The number of imidazole rings is 1. The van der Waals surface area contributed by atoms with Crippen molar-refractivity contribution in [3.05, 3.63) is 47.4 Å². The maximum atomic E-state index is 12.3. The fourth-order valence-corrected chi connectivity index (χ4v) is 3.15. The maximum absolute atomic E-state index is 12.3. The number of ether oxygens (including phenoxy) is 2. The van der Waals surface area contributed by atoms with E-state index in [1.54, 1.807) is 28.8 Å². The minimum atomic E-state index is -1.03. The van der Waals surface area contributed by atoms with Crippen LogP contribution in [0.4, 0.5) is 5.95 Å². The van der Waals surface area contributed by atoms with Crippen LogP contribution in [0.3, 0.4) is 0 Å². The zero-order valence-corrected chi connectivity index (χ0v) is 14.7. The van der Waals surface area contributed by atoms with Gasteiger partial charge in [0.1, 0.15) is 5.52 Å². The number of aryl methyl sites for hydroxylation is 1. The maximum Gasteiger partial charge on any atom is 0.323 e. The van der Waals surface area contributed by atoms with Crippen LogP contribution in [0.1, 0.15) is 18.3 Å². The van der Waals surface area contributed by atoms with E-state index in [1.807, 2.05) is 6.07 Å². The van der Waals surface area contributed by atoms with Crippen molar-refractivity contribution in [2.45, 2.75) is 19.3 Å². The lowest BCUT2D eigenvalue weighted by molar-refractivity contribution is -0.214. The summed E-state index contributed by atoms with van der Waals surface area (Å²) in [6, 6.07) is 8.79. The summed E-state index contributed by atoms with van der Waals surface area (Å²) in [5.41, 5.74) is 6.96. The molecule has 1 aromatic carbocycles. The van der Waals surface area contributed by atoms with E-state index in [0.29, 0.717) is 16.7 Å². The van der Waals surface area contributed by atoms with E-state index in [4.69, 9.17) is 26.8 Å². The number of rotatable bonds is 4. The molecule has 0 spiro atoms. The molecule has 0 aliphatic carbocycles. The number of carbonyl (C=O) groups is 2. The molecule has 0 unspecified atom stereocenters. The summed E-state index contributed by atoms with van der Waals surface area (Å²) in [5.74, 6) is -2.27. The number of nitrogen functional groups attached to an aromatic ring is 1. The van der Waals surface area contributed by atoms with Crippen LogP contribution >= 0.6 is 11.6 Å². The number of esters is 2. The molecule has 3 heterocycles. The molecular formula is C17H14ClN5O4. The number of anilines is 1. The molecule has 0 atom stereocenters. The molecule has 0 radical (unpaired) electrons. The van der Waals surface area contributed by atoms with E-state index in [1.165, 1.54) is 6.33 Å². The third kappa shape index (κ3) is 3.28. The molecule has 0 amide bonds. The fraction of sp³-hybridized carbons (Fsp3) is 0.235. The molecule has 10 heteroatoms. The number of nitrogens with two attached hydrogens (primary N) is 1. The standard InChI is InChI=1S/C17H14ClN5O4/c18-12-11-13(22-17(19)21-12)20-8-23(11)7-6-10-14(24)26-16(27-15(10)25)9-4-2-1-3-5-9/h1-5,8,10,16H,6-7H2,(H2,19,21,22). The number of aromatic nitrogens is 4. The average Bonchev–Trinajstić information content (AvgIpc) is 3.04. The van der Waals surface area contributed by atoms with E-state index in [2.05, 4.69) is 15.0 Å². The summed E-state index contributed by atoms with van der Waals surface area (Å²) in [6.45, 7) is 0.272. The van der Waals surface area contributed by atoms with Gasteiger partial charge in [-0.1, -0.05) is 41.9 Å². The molecule has 1 aliphatic heterocycles. The van der Waals surface area contributed by atoms with Gasteiger partial charge in [-0.15, -0.1) is 0 Å². The minimum absolute atomic E-state index is 0.0177. The lowest BCUT2D eigenvalue weighted by atomic mass is 10.0. The van der Waals surface area contributed by atoms with Crippen molar-refractivity contribution in [1.82, 2.24) is 19.5 Å². The quantitative estimate of drug-likeness (QED) is 0.409. The van der Waals surface area contributed by atoms with Crippen LogP contribution in [-0.2, 0) is 25.6 Å². The smallest absolute Gasteiger partial charge is 0.323 e. The van der Waals surface area contributed by atoms with E-state index in [0.717, 1.165) is 0 Å². The minimum Gasteiger partial charge on any atom is -0.420 e. The highest BCUT2D eigenvalue weighted by molar-refractivity contribution is 6.33. The van der Waals surface area contributed by atoms with Crippen LogP contribution < -0.4 is 5.73 Å². The molecule has 27 heavy (non-hydrogen) atoms. The molecule has 2 N–H and O–H groups in total. The number of hydrogen-bond acceptors (Lipinski definition) is 8. The lowest BCUT2D eigenvalue weighted by Gasteiger charge is -2.27. The summed E-state index contributed by atoms with van der Waals surface area (Å²) in [4.78, 5) is 36.6. The second kappa shape index (κ2) is 6.84. The number of hydrogen-bond donors (Lipinski definition) is 1. The molecule has 2 aromatic heterocycles. The molecule has 1 fully saturated rings. The zero-order chi connectivity index (χ0) is 19.0. The van der Waals surface area contributed by atoms with Gasteiger partial charge < -0.3 is 19.8 Å². The Morgan fingerprint density at radius 1 is 1.11 bits per heavy atom. The third-order valence-corrected chi connectivity index (χ3v) is 4.46. The highest BCUT2D eigenvalue weighted by Crippen LogP contribution is 2.29. The lowest BCUT2D eigenvalue weighted by Crippen LogP contribution is -2.37. The van der Waals surface area contributed by atoms with E-state index in [9.17, 15) is 9.59 Å². The molecule has 0 saturated carbocycles. The van der Waals surface area contributed by atoms with Gasteiger partial charge in [0.25, 0.3) is 6.29 Å². The molecule has 0 bridgehead atoms. The Morgan fingerprint density at radius 2 is 1.81 bits per heavy atom. The van der Waals surface area contributed by atoms with E-state index >= 15 is 0 Å². The molecule has 4 rings (SSSR count). The summed E-state index contributed by atoms with van der Waals surface area (Å²) < 4.78 is 12.2. The third-order valence-electron chi connectivity index (χ3n) is 4.19. The van der Waals surface area contributed by atoms with Crippen molar-refractivity contribution in [3.63, 3.8) is 0 Å². The predicted octanol–water partition coefficient (Wildman–Crippen LogP) is 1.87. The summed E-state index contributed by atoms with van der Waals surface area (Å²) in [6.07, 6.45) is 0.629. The summed E-state index contributed by atoms with van der Waals surface area (Å²) in [7, 11) is 0. The fourth-order valence-electron chi connectivity index (χ4n) is 2.87. The van der Waals surface area contributed by atoms with Gasteiger partial charge in [0.15, 0.2) is 16.7 Å². The molecular weight excluding hydrogens is 374 g/mol. The van der Waals surface area contributed by atoms with Gasteiger partial charge in [-0.2, -0.15) is 9.97 Å². The number of nitrogens with zero attached hydrogens (tertiary/aromatic N) is 4. The van der Waals surface area contributed by atoms with Gasteiger partial charge in [-0.25, -0.2) is 4.98 Å². The van der Waals surface area contributed by atoms with Crippen LogP contribution in [0.15, 0.2) is 36.7 Å². The molecule has 1 saturated heterocycles. The van der Waals surface area contributed by atoms with Gasteiger partial charge >= 0.3 is 11.9 Å². The second-order valence-electron chi connectivity index (χ2n) is 5.94. The Kier molecular flexibility index (Phi) is 4.36. The molecule has 3 aromatic rings. The summed E-state index contributed by atoms with van der Waals surface area (Å²) >= 11 is 6.10. The van der Waals surface area contributed by atoms with Crippen LogP contribution in [0, 0.1) is 5.92 Å². The second-order valence-corrected chi connectivity index (χ2v) is 6.30. The number of carbonyl (C=O) groups excluding carboxylic acids is 2. The monoisotopic (exact) mass is 387 g/mol. The Balaban J connectivity index is 1.48. The predicted molar refractivity (Wildman–Crippen MR) is 94.2 cm³/mol. The Morgan fingerprint density at radius 3 is 2.52 bits per heavy atom. The van der Waals surface area contributed by atoms with Gasteiger partial charge in [-0.05, 0) is 6.42 Å². The first-order valence-electron chi connectivity index (χ1n) is 8.12. The molecule has 9 nitrogen and oxygen atoms in total. The van der Waals surface area contributed by atoms with Crippen LogP contribution in [0.5, 0.6) is 0 Å². The number of cyclic esters (lactones) is 2. The first-order valence-corrected chi connectivity index (χ1v) is 8.50. The molecule has 138 valence electrons. The highest BCUT2D eigenvalue weighted by atomic mass is 35.5. The van der Waals surface area contributed by atoms with Crippen LogP contribution in [-0.4, -0.2) is 31.5 Å². The first kappa shape index (κ1) is 17.2. The number of benzene rings is 1. The first-order chi connectivity index (χ1) is 13.0. The average molecular weight is 388 g/mol. The van der Waals surface area contributed by atoms with Crippen molar-refractivity contribution in [2.75, 3.05) is 5.73 Å². The van der Waals surface area contributed by atoms with Crippen molar-refractivity contribution in [2.24, 2.45) is 5.92 Å².